The summed E-state index contributed by atoms with van der Waals surface area (Å²) in [6.45, 7) is 13.1. The van der Waals surface area contributed by atoms with E-state index in [9.17, 15) is 0 Å². The number of rotatable bonds is 8. The molecular weight excluding hydrogens is 569 g/mol. The highest BCUT2D eigenvalue weighted by Crippen LogP contribution is 2.55. The number of aryl methyl sites for hydroxylation is 4. The first-order valence-corrected chi connectivity index (χ1v) is 16.7. The highest BCUT2D eigenvalue weighted by atomic mass is 15.4. The van der Waals surface area contributed by atoms with E-state index in [1.165, 1.54) is 55.6 Å². The van der Waals surface area contributed by atoms with Crippen LogP contribution in [-0.4, -0.2) is 9.80 Å². The second kappa shape index (κ2) is 13.5. The summed E-state index contributed by atoms with van der Waals surface area (Å²) in [5.41, 5.74) is 12.8. The molecule has 1 saturated heterocycles. The highest BCUT2D eigenvalue weighted by molar-refractivity contribution is 5.46. The Morgan fingerprint density at radius 1 is 0.362 bits per heavy atom. The van der Waals surface area contributed by atoms with Crippen LogP contribution in [0.3, 0.4) is 0 Å². The van der Waals surface area contributed by atoms with Crippen molar-refractivity contribution in [3.05, 3.63) is 220 Å². The molecule has 2 radical (unpaired) electrons. The molecule has 7 rings (SSSR count). The molecule has 0 N–H and O–H groups in total. The van der Waals surface area contributed by atoms with Gasteiger partial charge in [0.25, 0.3) is 0 Å². The second-order valence-electron chi connectivity index (χ2n) is 12.9. The first kappa shape index (κ1) is 30.9. The van der Waals surface area contributed by atoms with E-state index in [1.54, 1.807) is 0 Å². The molecule has 2 nitrogen and oxygen atoms in total. The van der Waals surface area contributed by atoms with Crippen LogP contribution < -0.4 is 0 Å². The molecular formula is C45H42N2. The topological polar surface area (TPSA) is 6.48 Å². The molecule has 0 amide bonds. The van der Waals surface area contributed by atoms with Crippen LogP contribution >= 0.6 is 0 Å². The summed E-state index contributed by atoms with van der Waals surface area (Å²) in [5.74, 6) is 0. The summed E-state index contributed by atoms with van der Waals surface area (Å²) < 4.78 is 0. The monoisotopic (exact) mass is 610 g/mol. The predicted molar refractivity (Wildman–Crippen MR) is 194 cm³/mol. The maximum atomic E-state index is 4.16. The molecule has 2 atom stereocenters. The fourth-order valence-electron chi connectivity index (χ4n) is 7.49. The Hall–Kier alpha value is -4.76. The van der Waals surface area contributed by atoms with Gasteiger partial charge in [-0.25, -0.2) is 0 Å². The van der Waals surface area contributed by atoms with Gasteiger partial charge in [0.15, 0.2) is 0 Å². The average Bonchev–Trinajstić information content (AvgIpc) is 3.49. The molecule has 1 heterocycles. The van der Waals surface area contributed by atoms with E-state index in [0.29, 0.717) is 0 Å². The van der Waals surface area contributed by atoms with Crippen molar-refractivity contribution in [1.82, 2.24) is 9.80 Å². The van der Waals surface area contributed by atoms with E-state index in [0.717, 1.165) is 0 Å². The van der Waals surface area contributed by atoms with Crippen LogP contribution in [0.2, 0.25) is 0 Å². The highest BCUT2D eigenvalue weighted by Gasteiger charge is 2.50. The lowest BCUT2D eigenvalue weighted by atomic mass is 9.86. The Kier molecular flexibility index (Phi) is 8.89. The van der Waals surface area contributed by atoms with Crippen molar-refractivity contribution in [2.45, 2.75) is 51.9 Å². The zero-order valence-electron chi connectivity index (χ0n) is 27.7. The van der Waals surface area contributed by atoms with Crippen LogP contribution in [0.4, 0.5) is 0 Å². The lowest BCUT2D eigenvalue weighted by molar-refractivity contribution is 0.229. The molecule has 0 unspecified atom stereocenters. The smallest absolute Gasteiger partial charge is 0.149 e. The first-order chi connectivity index (χ1) is 23.0. The second-order valence-corrected chi connectivity index (χ2v) is 12.9. The molecule has 6 aromatic carbocycles. The van der Waals surface area contributed by atoms with Gasteiger partial charge in [-0.1, -0.05) is 158 Å². The molecule has 6 aromatic rings. The zero-order chi connectivity index (χ0) is 32.3. The summed E-state index contributed by atoms with van der Waals surface area (Å²) in [7, 11) is 0. The molecule has 0 aromatic heterocycles. The maximum absolute atomic E-state index is 4.16. The van der Waals surface area contributed by atoms with Gasteiger partial charge in [-0.05, 0) is 83.3 Å². The summed E-state index contributed by atoms with van der Waals surface area (Å²) >= 11 is 0. The SMILES string of the molecule is Cc1ccccc1C(c1ccccc1C)N1[C]N(C(c2ccccc2C)c2ccccc2C)[C@@H](c2ccccc2)[C@@H]1c1ccccc1. The Bertz CT molecular complexity index is 1710. The molecule has 0 aliphatic carbocycles. The van der Waals surface area contributed by atoms with E-state index in [1.807, 2.05) is 0 Å². The fraction of sp³-hybridized carbons (Fsp3) is 0.178. The van der Waals surface area contributed by atoms with Gasteiger partial charge < -0.3 is 0 Å². The molecule has 47 heavy (non-hydrogen) atoms. The summed E-state index contributed by atoms with van der Waals surface area (Å²) in [6.07, 6.45) is 0. The van der Waals surface area contributed by atoms with Crippen molar-refractivity contribution in [1.29, 1.82) is 0 Å². The van der Waals surface area contributed by atoms with Crippen LogP contribution in [0, 0.1) is 34.4 Å². The van der Waals surface area contributed by atoms with Crippen molar-refractivity contribution in [3.8, 4) is 0 Å². The lowest BCUT2D eigenvalue weighted by Crippen LogP contribution is -2.30. The molecule has 1 aliphatic heterocycles. The largest absolute Gasteiger partial charge is 0.259 e. The summed E-state index contributed by atoms with van der Waals surface area (Å²) in [5, 5.41) is 0. The molecule has 0 bridgehead atoms. The third kappa shape index (κ3) is 5.96. The molecule has 1 aliphatic rings. The zero-order valence-corrected chi connectivity index (χ0v) is 27.7. The molecule has 0 spiro atoms. The van der Waals surface area contributed by atoms with Gasteiger partial charge in [0.2, 0.25) is 0 Å². The standard InChI is InChI=1S/C45H42N2/c1-32-19-11-15-27-38(32)44(39-28-16-12-20-33(39)2)46-31-47(43(37-25-9-6-10-26-37)42(46)36-23-7-5-8-24-36)45(40-29-17-13-21-34(40)3)41-30-18-14-22-35(41)4/h5-30,42-45H,1-4H3/t42-,43-/m0/s1. The molecule has 0 saturated carbocycles. The normalized spacial score (nSPS) is 17.1. The maximum Gasteiger partial charge on any atom is 0.149 e. The molecule has 2 heteroatoms. The minimum absolute atomic E-state index is 0.0154. The van der Waals surface area contributed by atoms with E-state index in [4.69, 9.17) is 0 Å². The Labute approximate surface area is 281 Å². The minimum Gasteiger partial charge on any atom is -0.259 e. The van der Waals surface area contributed by atoms with Gasteiger partial charge in [-0.15, -0.1) is 0 Å². The van der Waals surface area contributed by atoms with Crippen LogP contribution in [0.25, 0.3) is 0 Å². The number of hydrogen-bond donors (Lipinski definition) is 0. The van der Waals surface area contributed by atoms with Crippen LogP contribution in [0.5, 0.6) is 0 Å². The van der Waals surface area contributed by atoms with Gasteiger partial charge in [0.05, 0.1) is 24.2 Å². The fourth-order valence-corrected chi connectivity index (χ4v) is 7.49. The average molecular weight is 611 g/mol. The van der Waals surface area contributed by atoms with E-state index in [-0.39, 0.29) is 24.2 Å². The van der Waals surface area contributed by atoms with Gasteiger partial charge in [0.1, 0.15) is 6.67 Å². The van der Waals surface area contributed by atoms with Crippen molar-refractivity contribution < 1.29 is 0 Å². The Balaban J connectivity index is 1.53. The van der Waals surface area contributed by atoms with Crippen molar-refractivity contribution in [3.63, 3.8) is 0 Å². The van der Waals surface area contributed by atoms with Gasteiger partial charge in [-0.2, -0.15) is 0 Å². The van der Waals surface area contributed by atoms with Gasteiger partial charge in [0, 0.05) is 0 Å². The third-order valence-corrected chi connectivity index (χ3v) is 9.90. The molecule has 1 fully saturated rings. The van der Waals surface area contributed by atoms with E-state index < -0.39 is 0 Å². The predicted octanol–water partition coefficient (Wildman–Crippen LogP) is 10.9. The molecule has 232 valence electrons. The number of hydrogen-bond acceptors (Lipinski definition) is 2. The number of nitrogens with zero attached hydrogens (tertiary/aromatic N) is 2. The van der Waals surface area contributed by atoms with Crippen molar-refractivity contribution in [2.24, 2.45) is 0 Å². The first-order valence-electron chi connectivity index (χ1n) is 16.7. The van der Waals surface area contributed by atoms with E-state index in [2.05, 4.69) is 202 Å². The van der Waals surface area contributed by atoms with Crippen LogP contribution in [-0.2, 0) is 0 Å². The van der Waals surface area contributed by atoms with Crippen molar-refractivity contribution >= 4 is 0 Å². The Morgan fingerprint density at radius 3 is 0.894 bits per heavy atom. The van der Waals surface area contributed by atoms with Crippen LogP contribution in [0.15, 0.2) is 158 Å². The number of benzene rings is 6. The Morgan fingerprint density at radius 2 is 0.617 bits per heavy atom. The van der Waals surface area contributed by atoms with E-state index >= 15 is 0 Å². The van der Waals surface area contributed by atoms with Gasteiger partial charge >= 0.3 is 0 Å². The lowest BCUT2D eigenvalue weighted by Gasteiger charge is -2.36. The van der Waals surface area contributed by atoms with Crippen molar-refractivity contribution in [2.75, 3.05) is 0 Å². The quantitative estimate of drug-likeness (QED) is 0.169. The minimum atomic E-state index is -0.0480. The van der Waals surface area contributed by atoms with Gasteiger partial charge in [-0.3, -0.25) is 9.80 Å². The summed E-state index contributed by atoms with van der Waals surface area (Å²) in [6, 6.07) is 57.4. The summed E-state index contributed by atoms with van der Waals surface area (Å²) in [4.78, 5) is 5.09. The van der Waals surface area contributed by atoms with Crippen LogP contribution in [0.1, 0.15) is 79.8 Å². The third-order valence-electron chi connectivity index (χ3n) is 9.90.